The Bertz CT molecular complexity index is 555. The predicted molar refractivity (Wildman–Crippen MR) is 74.9 cm³/mol. The minimum atomic E-state index is -0.216. The summed E-state index contributed by atoms with van der Waals surface area (Å²) in [6.45, 7) is 4.93. The van der Waals surface area contributed by atoms with Gasteiger partial charge in [0.05, 0.1) is 12.5 Å². The Labute approximate surface area is 120 Å². The minimum absolute atomic E-state index is 0.120. The lowest BCUT2D eigenvalue weighted by Gasteiger charge is -2.30. The van der Waals surface area contributed by atoms with Gasteiger partial charge in [-0.05, 0) is 26.7 Å². The van der Waals surface area contributed by atoms with Crippen molar-refractivity contribution in [3.05, 3.63) is 20.2 Å². The van der Waals surface area contributed by atoms with Crippen LogP contribution >= 0.6 is 11.3 Å². The third kappa shape index (κ3) is 3.09. The third-order valence-electron chi connectivity index (χ3n) is 3.42. The number of nitrogens with zero attached hydrogens (tertiary/aromatic N) is 1. The summed E-state index contributed by atoms with van der Waals surface area (Å²) in [4.78, 5) is 39.7. The van der Waals surface area contributed by atoms with Crippen LogP contribution in [0.1, 0.15) is 35.1 Å². The maximum Gasteiger partial charge on any atom is 0.309 e. The molecule has 110 valence electrons. The largest absolute Gasteiger partial charge is 0.466 e. The molecule has 0 radical (unpaired) electrons. The number of aryl methyl sites for hydroxylation is 1. The van der Waals surface area contributed by atoms with E-state index in [1.165, 1.54) is 0 Å². The molecule has 20 heavy (non-hydrogen) atoms. The van der Waals surface area contributed by atoms with Crippen molar-refractivity contribution in [3.8, 4) is 0 Å². The first-order valence-corrected chi connectivity index (χ1v) is 7.50. The summed E-state index contributed by atoms with van der Waals surface area (Å²) < 4.78 is 5.00. The van der Waals surface area contributed by atoms with Crippen LogP contribution in [0.3, 0.4) is 0 Å². The summed E-state index contributed by atoms with van der Waals surface area (Å²) in [5.74, 6) is -0.430. The van der Waals surface area contributed by atoms with Gasteiger partial charge in [0, 0.05) is 18.8 Å². The molecule has 1 aromatic rings. The van der Waals surface area contributed by atoms with Crippen LogP contribution in [-0.4, -0.2) is 41.5 Å². The van der Waals surface area contributed by atoms with Crippen molar-refractivity contribution in [1.29, 1.82) is 0 Å². The van der Waals surface area contributed by atoms with Crippen LogP contribution in [0, 0.1) is 12.8 Å². The first-order chi connectivity index (χ1) is 9.52. The lowest BCUT2D eigenvalue weighted by molar-refractivity contribution is -0.149. The quantitative estimate of drug-likeness (QED) is 0.849. The van der Waals surface area contributed by atoms with E-state index < -0.39 is 0 Å². The van der Waals surface area contributed by atoms with E-state index in [1.807, 2.05) is 0 Å². The molecule has 0 bridgehead atoms. The first kappa shape index (κ1) is 14.8. The summed E-state index contributed by atoms with van der Waals surface area (Å²) in [6.07, 6.45) is 1.23. The molecule has 0 unspecified atom stereocenters. The van der Waals surface area contributed by atoms with Crippen LogP contribution in [0.4, 0.5) is 0 Å². The van der Waals surface area contributed by atoms with E-state index in [2.05, 4.69) is 4.98 Å². The number of ether oxygens (including phenoxy) is 1. The topological polar surface area (TPSA) is 79.5 Å². The van der Waals surface area contributed by atoms with Gasteiger partial charge in [-0.1, -0.05) is 11.3 Å². The highest BCUT2D eigenvalue weighted by Gasteiger charge is 2.29. The van der Waals surface area contributed by atoms with Gasteiger partial charge in [0.2, 0.25) is 0 Å². The molecule has 0 aliphatic carbocycles. The van der Waals surface area contributed by atoms with E-state index in [0.717, 1.165) is 11.3 Å². The summed E-state index contributed by atoms with van der Waals surface area (Å²) in [7, 11) is 0. The van der Waals surface area contributed by atoms with Crippen LogP contribution in [0.25, 0.3) is 0 Å². The van der Waals surface area contributed by atoms with E-state index in [-0.39, 0.29) is 22.7 Å². The van der Waals surface area contributed by atoms with Gasteiger partial charge >= 0.3 is 10.8 Å². The van der Waals surface area contributed by atoms with Crippen LogP contribution < -0.4 is 4.87 Å². The number of rotatable bonds is 3. The molecule has 2 rings (SSSR count). The number of esters is 1. The van der Waals surface area contributed by atoms with Gasteiger partial charge in [-0.25, -0.2) is 0 Å². The van der Waals surface area contributed by atoms with Gasteiger partial charge < -0.3 is 14.6 Å². The van der Waals surface area contributed by atoms with Crippen molar-refractivity contribution in [2.24, 2.45) is 5.92 Å². The summed E-state index contributed by atoms with van der Waals surface area (Å²) in [6, 6.07) is 0. The lowest BCUT2D eigenvalue weighted by atomic mass is 9.97. The highest BCUT2D eigenvalue weighted by molar-refractivity contribution is 7.11. The predicted octanol–water partition coefficient (Wildman–Crippen LogP) is 1.16. The maximum absolute atomic E-state index is 12.3. The van der Waals surface area contributed by atoms with Gasteiger partial charge in [-0.3, -0.25) is 14.4 Å². The zero-order valence-corrected chi connectivity index (χ0v) is 12.4. The Hall–Kier alpha value is -1.63. The minimum Gasteiger partial charge on any atom is -0.466 e. The Morgan fingerprint density at radius 2 is 2.05 bits per heavy atom. The molecular formula is C13H18N2O4S. The molecule has 1 N–H and O–H groups in total. The number of aromatic amines is 1. The fraction of sp³-hybridized carbons (Fsp3) is 0.615. The maximum atomic E-state index is 12.3. The molecule has 1 fully saturated rings. The zero-order valence-electron chi connectivity index (χ0n) is 11.6. The highest BCUT2D eigenvalue weighted by Crippen LogP contribution is 2.21. The lowest BCUT2D eigenvalue weighted by Crippen LogP contribution is -2.40. The Kier molecular flexibility index (Phi) is 4.59. The number of carbonyl (C=O) groups is 2. The fourth-order valence-electron chi connectivity index (χ4n) is 2.33. The van der Waals surface area contributed by atoms with E-state index in [0.29, 0.717) is 43.1 Å². The Morgan fingerprint density at radius 3 is 2.55 bits per heavy atom. The van der Waals surface area contributed by atoms with Gasteiger partial charge in [0.15, 0.2) is 0 Å². The van der Waals surface area contributed by atoms with E-state index in [9.17, 15) is 14.4 Å². The molecular weight excluding hydrogens is 280 g/mol. The SMILES string of the molecule is CCOC(=O)C1CCN(C(=O)c2sc(=O)[nH]c2C)CC1. The number of piperidine rings is 1. The normalized spacial score (nSPS) is 16.2. The van der Waals surface area contributed by atoms with Crippen LogP contribution in [0.15, 0.2) is 4.79 Å². The van der Waals surface area contributed by atoms with E-state index in [1.54, 1.807) is 18.7 Å². The second-order valence-electron chi connectivity index (χ2n) is 4.79. The van der Waals surface area contributed by atoms with Crippen molar-refractivity contribution >= 4 is 23.2 Å². The number of amides is 1. The van der Waals surface area contributed by atoms with Crippen molar-refractivity contribution in [2.75, 3.05) is 19.7 Å². The Morgan fingerprint density at radius 1 is 1.40 bits per heavy atom. The van der Waals surface area contributed by atoms with Crippen molar-refractivity contribution < 1.29 is 14.3 Å². The first-order valence-electron chi connectivity index (χ1n) is 6.68. The summed E-state index contributed by atoms with van der Waals surface area (Å²) in [5, 5.41) is 0. The second kappa shape index (κ2) is 6.21. The van der Waals surface area contributed by atoms with Gasteiger partial charge in [-0.2, -0.15) is 0 Å². The Balaban J connectivity index is 1.97. The number of nitrogens with one attached hydrogen (secondary N) is 1. The van der Waals surface area contributed by atoms with Crippen molar-refractivity contribution in [1.82, 2.24) is 9.88 Å². The number of hydrogen-bond donors (Lipinski definition) is 1. The zero-order chi connectivity index (χ0) is 14.7. The smallest absolute Gasteiger partial charge is 0.309 e. The van der Waals surface area contributed by atoms with Crippen LogP contribution in [0.5, 0.6) is 0 Å². The average Bonchev–Trinajstić information content (AvgIpc) is 2.77. The summed E-state index contributed by atoms with van der Waals surface area (Å²) >= 11 is 0.937. The van der Waals surface area contributed by atoms with Crippen LogP contribution in [-0.2, 0) is 9.53 Å². The monoisotopic (exact) mass is 298 g/mol. The molecule has 7 heteroatoms. The second-order valence-corrected chi connectivity index (χ2v) is 5.77. The number of hydrogen-bond acceptors (Lipinski definition) is 5. The van der Waals surface area contributed by atoms with Gasteiger partial charge in [0.1, 0.15) is 4.88 Å². The molecule has 6 nitrogen and oxygen atoms in total. The number of likely N-dealkylation sites (tertiary alicyclic amines) is 1. The van der Waals surface area contributed by atoms with Gasteiger partial charge in [-0.15, -0.1) is 0 Å². The molecule has 1 saturated heterocycles. The molecule has 0 spiro atoms. The van der Waals surface area contributed by atoms with E-state index >= 15 is 0 Å². The molecule has 1 aliphatic rings. The van der Waals surface area contributed by atoms with Crippen LogP contribution in [0.2, 0.25) is 0 Å². The molecule has 0 atom stereocenters. The average molecular weight is 298 g/mol. The van der Waals surface area contributed by atoms with Crippen molar-refractivity contribution in [2.45, 2.75) is 26.7 Å². The molecule has 1 aromatic heterocycles. The summed E-state index contributed by atoms with van der Waals surface area (Å²) in [5.41, 5.74) is 0.609. The molecule has 1 aliphatic heterocycles. The van der Waals surface area contributed by atoms with Crippen molar-refractivity contribution in [3.63, 3.8) is 0 Å². The standard InChI is InChI=1S/C13H18N2O4S/c1-3-19-12(17)9-4-6-15(7-5-9)11(16)10-8(2)14-13(18)20-10/h9H,3-7H2,1-2H3,(H,14,18). The molecule has 0 aromatic carbocycles. The molecule has 0 saturated carbocycles. The molecule has 2 heterocycles. The third-order valence-corrected chi connectivity index (χ3v) is 4.39. The van der Waals surface area contributed by atoms with Gasteiger partial charge in [0.25, 0.3) is 5.91 Å². The number of aromatic nitrogens is 1. The van der Waals surface area contributed by atoms with E-state index in [4.69, 9.17) is 4.74 Å². The number of H-pyrrole nitrogens is 1. The molecule has 1 amide bonds. The highest BCUT2D eigenvalue weighted by atomic mass is 32.1. The number of thiazole rings is 1. The number of carbonyl (C=O) groups excluding carboxylic acids is 2. The fourth-order valence-corrected chi connectivity index (χ4v) is 3.14.